The number of hydrogen-bond donors (Lipinski definition) is 0. The van der Waals surface area contributed by atoms with Gasteiger partial charge in [-0.1, -0.05) is 29.5 Å². The van der Waals surface area contributed by atoms with Crippen molar-refractivity contribution in [1.29, 1.82) is 0 Å². The first-order valence-corrected chi connectivity index (χ1v) is 10.3. The molecule has 0 spiro atoms. The largest absolute Gasteiger partial charge is 0.373 e. The van der Waals surface area contributed by atoms with Gasteiger partial charge in [-0.25, -0.2) is 4.90 Å². The SMILES string of the molecule is Cc1ccc(Sc2cc(N3C(=O)[C@@H]4[C@@H](C3=O)[C@H]3CC[C@@H]4O3)cc([N+](=O)[O-])c2)cc1. The van der Waals surface area contributed by atoms with Gasteiger partial charge in [0, 0.05) is 21.9 Å². The van der Waals surface area contributed by atoms with E-state index in [0.717, 1.165) is 28.2 Å². The summed E-state index contributed by atoms with van der Waals surface area (Å²) < 4.78 is 5.76. The number of anilines is 1. The molecule has 2 amide bonds. The summed E-state index contributed by atoms with van der Waals surface area (Å²) >= 11 is 1.36. The lowest BCUT2D eigenvalue weighted by Crippen LogP contribution is -2.34. The van der Waals surface area contributed by atoms with Gasteiger partial charge >= 0.3 is 0 Å². The maximum Gasteiger partial charge on any atom is 0.272 e. The molecule has 2 aromatic rings. The Morgan fingerprint density at radius 2 is 1.62 bits per heavy atom. The Kier molecular flexibility index (Phi) is 4.22. The number of aryl methyl sites for hydroxylation is 1. The lowest BCUT2D eigenvalue weighted by molar-refractivity contribution is -0.385. The van der Waals surface area contributed by atoms with Gasteiger partial charge < -0.3 is 4.74 Å². The van der Waals surface area contributed by atoms with Crippen LogP contribution in [0.5, 0.6) is 0 Å². The molecule has 3 heterocycles. The van der Waals surface area contributed by atoms with Gasteiger partial charge in [-0.15, -0.1) is 0 Å². The summed E-state index contributed by atoms with van der Waals surface area (Å²) in [5.74, 6) is -1.54. The Balaban J connectivity index is 1.52. The second kappa shape index (κ2) is 6.67. The summed E-state index contributed by atoms with van der Waals surface area (Å²) in [5, 5.41) is 11.5. The third-order valence-corrected chi connectivity index (χ3v) is 6.87. The summed E-state index contributed by atoms with van der Waals surface area (Å²) in [5.41, 5.74) is 1.23. The van der Waals surface area contributed by atoms with E-state index in [0.29, 0.717) is 4.90 Å². The van der Waals surface area contributed by atoms with E-state index >= 15 is 0 Å². The molecule has 4 atom stereocenters. The van der Waals surface area contributed by atoms with Crippen molar-refractivity contribution in [1.82, 2.24) is 0 Å². The van der Waals surface area contributed by atoms with Crippen LogP contribution in [-0.4, -0.2) is 28.9 Å². The average molecular weight is 410 g/mol. The van der Waals surface area contributed by atoms with Crippen LogP contribution in [0.2, 0.25) is 0 Å². The number of nitro benzene ring substituents is 1. The van der Waals surface area contributed by atoms with Gasteiger partial charge in [0.1, 0.15) is 0 Å². The topological polar surface area (TPSA) is 89.8 Å². The zero-order chi connectivity index (χ0) is 20.3. The van der Waals surface area contributed by atoms with Gasteiger partial charge in [0.15, 0.2) is 0 Å². The summed E-state index contributed by atoms with van der Waals surface area (Å²) in [6.07, 6.45) is 1.13. The minimum Gasteiger partial charge on any atom is -0.373 e. The number of fused-ring (bicyclic) bond motifs is 5. The van der Waals surface area contributed by atoms with Crippen molar-refractivity contribution in [3.05, 3.63) is 58.1 Å². The second-order valence-electron chi connectivity index (χ2n) is 7.71. The maximum atomic E-state index is 13.0. The molecular formula is C21H18N2O5S. The van der Waals surface area contributed by atoms with Crippen molar-refractivity contribution in [2.75, 3.05) is 4.90 Å². The van der Waals surface area contributed by atoms with Crippen molar-refractivity contribution < 1.29 is 19.2 Å². The minimum atomic E-state index is -0.499. The Morgan fingerprint density at radius 1 is 1.00 bits per heavy atom. The summed E-state index contributed by atoms with van der Waals surface area (Å²) in [7, 11) is 0. The fourth-order valence-electron chi connectivity index (χ4n) is 4.57. The normalized spacial score (nSPS) is 27.6. The van der Waals surface area contributed by atoms with Crippen LogP contribution >= 0.6 is 11.8 Å². The highest BCUT2D eigenvalue weighted by Gasteiger charge is 2.62. The van der Waals surface area contributed by atoms with E-state index in [-0.39, 0.29) is 35.4 Å². The first kappa shape index (κ1) is 18.3. The Hall–Kier alpha value is -2.71. The van der Waals surface area contributed by atoms with Gasteiger partial charge in [-0.2, -0.15) is 0 Å². The first-order chi connectivity index (χ1) is 13.9. The number of imide groups is 1. The molecule has 2 bridgehead atoms. The number of carbonyl (C=O) groups excluding carboxylic acids is 2. The molecule has 3 aliphatic rings. The minimum absolute atomic E-state index is 0.144. The quantitative estimate of drug-likeness (QED) is 0.434. The smallest absolute Gasteiger partial charge is 0.272 e. The number of ether oxygens (including phenoxy) is 1. The Labute approximate surface area is 171 Å². The molecule has 5 rings (SSSR count). The van der Waals surface area contributed by atoms with Crippen LogP contribution in [0, 0.1) is 28.9 Å². The van der Waals surface area contributed by atoms with Crippen LogP contribution in [-0.2, 0) is 14.3 Å². The van der Waals surface area contributed by atoms with Crippen LogP contribution in [0.15, 0.2) is 52.3 Å². The van der Waals surface area contributed by atoms with E-state index in [9.17, 15) is 19.7 Å². The Bertz CT molecular complexity index is 1010. The molecule has 3 saturated heterocycles. The molecule has 0 aliphatic carbocycles. The van der Waals surface area contributed by atoms with Crippen molar-refractivity contribution in [3.63, 3.8) is 0 Å². The molecule has 29 heavy (non-hydrogen) atoms. The molecule has 0 N–H and O–H groups in total. The number of benzene rings is 2. The van der Waals surface area contributed by atoms with Gasteiger partial charge in [-0.05, 0) is 38.0 Å². The van der Waals surface area contributed by atoms with E-state index in [1.54, 1.807) is 6.07 Å². The predicted molar refractivity (Wildman–Crippen MR) is 106 cm³/mol. The van der Waals surface area contributed by atoms with Crippen LogP contribution in [0.25, 0.3) is 0 Å². The third-order valence-electron chi connectivity index (χ3n) is 5.89. The maximum absolute atomic E-state index is 13.0. The van der Waals surface area contributed by atoms with Crippen molar-refractivity contribution in [2.45, 2.75) is 41.8 Å². The number of hydrogen-bond acceptors (Lipinski definition) is 6. The lowest BCUT2D eigenvalue weighted by atomic mass is 9.81. The van der Waals surface area contributed by atoms with Gasteiger partial charge in [0.2, 0.25) is 11.8 Å². The van der Waals surface area contributed by atoms with Crippen LogP contribution in [0.4, 0.5) is 11.4 Å². The second-order valence-corrected chi connectivity index (χ2v) is 8.86. The predicted octanol–water partition coefficient (Wildman–Crippen LogP) is 3.72. The molecule has 3 aliphatic heterocycles. The molecule has 0 aromatic heterocycles. The van der Waals surface area contributed by atoms with E-state index in [2.05, 4.69) is 0 Å². The van der Waals surface area contributed by atoms with E-state index in [1.807, 2.05) is 31.2 Å². The highest BCUT2D eigenvalue weighted by Crippen LogP contribution is 2.50. The summed E-state index contributed by atoms with van der Waals surface area (Å²) in [6.45, 7) is 1.98. The molecule has 3 fully saturated rings. The molecule has 7 nitrogen and oxygen atoms in total. The first-order valence-electron chi connectivity index (χ1n) is 9.49. The number of nitro groups is 1. The van der Waals surface area contributed by atoms with Gasteiger partial charge in [0.05, 0.1) is 34.7 Å². The van der Waals surface area contributed by atoms with Crippen molar-refractivity contribution >= 4 is 35.0 Å². The molecule has 2 aromatic carbocycles. The van der Waals surface area contributed by atoms with Gasteiger partial charge in [0.25, 0.3) is 5.69 Å². The third kappa shape index (κ3) is 2.94. The zero-order valence-corrected chi connectivity index (χ0v) is 16.4. The summed E-state index contributed by atoms with van der Waals surface area (Å²) in [4.78, 5) is 39.7. The standard InChI is InChI=1S/C21H18N2O5S/c1-11-2-4-14(5-3-11)29-15-9-12(8-13(10-15)23(26)27)22-20(24)18-16-6-7-17(28-16)19(18)21(22)25/h2-5,8-10,16-19H,6-7H2,1H3/t16-,17+,18-,19-/m0/s1. The van der Waals surface area contributed by atoms with E-state index in [4.69, 9.17) is 4.74 Å². The Morgan fingerprint density at radius 3 is 2.21 bits per heavy atom. The molecule has 0 saturated carbocycles. The molecule has 0 unspecified atom stereocenters. The number of non-ortho nitro benzene ring substituents is 1. The molecule has 148 valence electrons. The monoisotopic (exact) mass is 410 g/mol. The van der Waals surface area contributed by atoms with Crippen molar-refractivity contribution in [2.24, 2.45) is 11.8 Å². The lowest BCUT2D eigenvalue weighted by Gasteiger charge is -2.18. The fourth-order valence-corrected chi connectivity index (χ4v) is 5.47. The zero-order valence-electron chi connectivity index (χ0n) is 15.6. The van der Waals surface area contributed by atoms with Crippen LogP contribution in [0.3, 0.4) is 0 Å². The highest BCUT2D eigenvalue weighted by atomic mass is 32.2. The highest BCUT2D eigenvalue weighted by molar-refractivity contribution is 7.99. The van der Waals surface area contributed by atoms with Gasteiger partial charge in [-0.3, -0.25) is 19.7 Å². The number of amides is 2. The number of nitrogens with zero attached hydrogens (tertiary/aromatic N) is 2. The summed E-state index contributed by atoms with van der Waals surface area (Å²) in [6, 6.07) is 12.2. The number of carbonyl (C=O) groups is 2. The number of rotatable bonds is 4. The molecule has 8 heteroatoms. The van der Waals surface area contributed by atoms with E-state index in [1.165, 1.54) is 23.9 Å². The van der Waals surface area contributed by atoms with Crippen molar-refractivity contribution in [3.8, 4) is 0 Å². The fraction of sp³-hybridized carbons (Fsp3) is 0.333. The average Bonchev–Trinajstić information content (AvgIpc) is 3.37. The van der Waals surface area contributed by atoms with Crippen LogP contribution < -0.4 is 4.90 Å². The van der Waals surface area contributed by atoms with Crippen LogP contribution in [0.1, 0.15) is 18.4 Å². The van der Waals surface area contributed by atoms with E-state index < -0.39 is 16.8 Å². The molecule has 0 radical (unpaired) electrons. The molecular weight excluding hydrogens is 392 g/mol.